The lowest BCUT2D eigenvalue weighted by molar-refractivity contribution is 0.630. The molecule has 5 nitrogen and oxygen atoms in total. The van der Waals surface area contributed by atoms with Gasteiger partial charge in [0.15, 0.2) is 0 Å². The highest BCUT2D eigenvalue weighted by molar-refractivity contribution is 5.12. The van der Waals surface area contributed by atoms with Crippen molar-refractivity contribution in [1.82, 2.24) is 25.1 Å². The van der Waals surface area contributed by atoms with Crippen LogP contribution in [0.1, 0.15) is 36.4 Å². The summed E-state index contributed by atoms with van der Waals surface area (Å²) in [5.74, 6) is 1.73. The van der Waals surface area contributed by atoms with Gasteiger partial charge in [-0.25, -0.2) is 9.67 Å². The van der Waals surface area contributed by atoms with Crippen LogP contribution in [0.25, 0.3) is 0 Å². The van der Waals surface area contributed by atoms with Crippen LogP contribution >= 0.6 is 0 Å². The Kier molecular flexibility index (Phi) is 4.63. The normalized spacial score (nSPS) is 10.9. The van der Waals surface area contributed by atoms with Crippen LogP contribution in [0.3, 0.4) is 0 Å². The van der Waals surface area contributed by atoms with Crippen LogP contribution < -0.4 is 5.32 Å². The first-order valence-corrected chi connectivity index (χ1v) is 6.72. The summed E-state index contributed by atoms with van der Waals surface area (Å²) in [6.07, 6.45) is 1.14. The summed E-state index contributed by atoms with van der Waals surface area (Å²) in [6.45, 7) is 8.54. The van der Waals surface area contributed by atoms with E-state index in [2.05, 4.69) is 27.3 Å². The minimum absolute atomic E-state index is 0.675. The SMILES string of the molecule is CCCNCc1cccc(Cn2nc(C)nc2C)n1. The van der Waals surface area contributed by atoms with Crippen LogP contribution in [0.2, 0.25) is 0 Å². The monoisotopic (exact) mass is 259 g/mol. The molecule has 0 saturated carbocycles. The molecule has 2 heterocycles. The van der Waals surface area contributed by atoms with Crippen molar-refractivity contribution in [1.29, 1.82) is 0 Å². The van der Waals surface area contributed by atoms with E-state index in [4.69, 9.17) is 0 Å². The molecule has 0 spiro atoms. The first kappa shape index (κ1) is 13.7. The lowest BCUT2D eigenvalue weighted by Gasteiger charge is -2.06. The van der Waals surface area contributed by atoms with E-state index in [1.165, 1.54) is 0 Å². The minimum atomic E-state index is 0.675. The van der Waals surface area contributed by atoms with Crippen LogP contribution in [-0.2, 0) is 13.1 Å². The summed E-state index contributed by atoms with van der Waals surface area (Å²) >= 11 is 0. The number of hydrogen-bond acceptors (Lipinski definition) is 4. The Labute approximate surface area is 114 Å². The average molecular weight is 259 g/mol. The Morgan fingerprint density at radius 1 is 1.16 bits per heavy atom. The standard InChI is InChI=1S/C14H21N5/c1-4-8-15-9-13-6-5-7-14(17-13)10-19-12(3)16-11(2)18-19/h5-7,15H,4,8-10H2,1-3H3. The molecule has 0 aromatic carbocycles. The molecule has 1 N–H and O–H groups in total. The van der Waals surface area contributed by atoms with Crippen LogP contribution in [0.4, 0.5) is 0 Å². The van der Waals surface area contributed by atoms with Gasteiger partial charge in [0.05, 0.1) is 17.9 Å². The third-order valence-corrected chi connectivity index (χ3v) is 2.87. The Bertz CT molecular complexity index is 532. The van der Waals surface area contributed by atoms with E-state index in [0.29, 0.717) is 6.54 Å². The van der Waals surface area contributed by atoms with Crippen LogP contribution in [0.5, 0.6) is 0 Å². The Hall–Kier alpha value is -1.75. The minimum Gasteiger partial charge on any atom is -0.311 e. The van der Waals surface area contributed by atoms with Gasteiger partial charge in [0.2, 0.25) is 0 Å². The predicted molar refractivity (Wildman–Crippen MR) is 74.8 cm³/mol. The number of aryl methyl sites for hydroxylation is 2. The summed E-state index contributed by atoms with van der Waals surface area (Å²) in [7, 11) is 0. The Morgan fingerprint density at radius 2 is 1.95 bits per heavy atom. The van der Waals surface area contributed by atoms with Crippen LogP contribution in [0, 0.1) is 13.8 Å². The van der Waals surface area contributed by atoms with E-state index in [1.807, 2.05) is 36.7 Å². The maximum absolute atomic E-state index is 4.64. The van der Waals surface area contributed by atoms with Crippen molar-refractivity contribution in [3.63, 3.8) is 0 Å². The van der Waals surface area contributed by atoms with Gasteiger partial charge in [0, 0.05) is 6.54 Å². The Balaban J connectivity index is 2.04. The quantitative estimate of drug-likeness (QED) is 0.804. The molecule has 0 fully saturated rings. The molecule has 0 atom stereocenters. The molecule has 0 saturated heterocycles. The molecule has 0 aliphatic heterocycles. The van der Waals surface area contributed by atoms with E-state index in [-0.39, 0.29) is 0 Å². The largest absolute Gasteiger partial charge is 0.311 e. The second-order valence-corrected chi connectivity index (χ2v) is 4.66. The van der Waals surface area contributed by atoms with Gasteiger partial charge in [0.1, 0.15) is 11.6 Å². The van der Waals surface area contributed by atoms with Crippen molar-refractivity contribution < 1.29 is 0 Å². The van der Waals surface area contributed by atoms with Gasteiger partial charge in [0.25, 0.3) is 0 Å². The lowest BCUT2D eigenvalue weighted by atomic mass is 10.3. The Morgan fingerprint density at radius 3 is 2.63 bits per heavy atom. The third kappa shape index (κ3) is 3.86. The zero-order valence-electron chi connectivity index (χ0n) is 11.8. The smallest absolute Gasteiger partial charge is 0.147 e. The van der Waals surface area contributed by atoms with E-state index in [9.17, 15) is 0 Å². The summed E-state index contributed by atoms with van der Waals surface area (Å²) in [6, 6.07) is 6.12. The topological polar surface area (TPSA) is 55.6 Å². The average Bonchev–Trinajstić information content (AvgIpc) is 2.69. The van der Waals surface area contributed by atoms with Gasteiger partial charge in [-0.1, -0.05) is 13.0 Å². The van der Waals surface area contributed by atoms with Crippen LogP contribution in [0.15, 0.2) is 18.2 Å². The van der Waals surface area contributed by atoms with E-state index >= 15 is 0 Å². The molecule has 0 radical (unpaired) electrons. The highest BCUT2D eigenvalue weighted by Gasteiger charge is 2.04. The van der Waals surface area contributed by atoms with Gasteiger partial charge in [-0.3, -0.25) is 4.98 Å². The van der Waals surface area contributed by atoms with Crippen molar-refractivity contribution in [3.05, 3.63) is 41.2 Å². The van der Waals surface area contributed by atoms with Gasteiger partial charge >= 0.3 is 0 Å². The highest BCUT2D eigenvalue weighted by atomic mass is 15.3. The number of aromatic nitrogens is 4. The van der Waals surface area contributed by atoms with Crippen molar-refractivity contribution in [3.8, 4) is 0 Å². The second-order valence-electron chi connectivity index (χ2n) is 4.66. The molecule has 0 aliphatic rings. The van der Waals surface area contributed by atoms with E-state index < -0.39 is 0 Å². The maximum atomic E-state index is 4.64. The van der Waals surface area contributed by atoms with Crippen LogP contribution in [-0.4, -0.2) is 26.3 Å². The summed E-state index contributed by atoms with van der Waals surface area (Å²) in [5, 5.41) is 7.72. The molecule has 0 amide bonds. The molecular formula is C14H21N5. The van der Waals surface area contributed by atoms with Gasteiger partial charge < -0.3 is 5.32 Å². The molecule has 0 bridgehead atoms. The number of rotatable bonds is 6. The highest BCUT2D eigenvalue weighted by Crippen LogP contribution is 2.04. The number of pyridine rings is 1. The van der Waals surface area contributed by atoms with Crippen molar-refractivity contribution in [2.24, 2.45) is 0 Å². The number of nitrogens with zero attached hydrogens (tertiary/aromatic N) is 4. The summed E-state index contributed by atoms with van der Waals surface area (Å²) in [5.41, 5.74) is 2.09. The fourth-order valence-corrected chi connectivity index (χ4v) is 1.97. The molecular weight excluding hydrogens is 238 g/mol. The summed E-state index contributed by atoms with van der Waals surface area (Å²) < 4.78 is 1.89. The lowest BCUT2D eigenvalue weighted by Crippen LogP contribution is -2.15. The van der Waals surface area contributed by atoms with Gasteiger partial charge in [-0.05, 0) is 38.9 Å². The second kappa shape index (κ2) is 6.43. The van der Waals surface area contributed by atoms with Crippen molar-refractivity contribution in [2.75, 3.05) is 6.54 Å². The molecule has 2 rings (SSSR count). The van der Waals surface area contributed by atoms with E-state index in [0.717, 1.165) is 42.5 Å². The first-order chi connectivity index (χ1) is 9.19. The van der Waals surface area contributed by atoms with E-state index in [1.54, 1.807) is 0 Å². The van der Waals surface area contributed by atoms with Gasteiger partial charge in [-0.15, -0.1) is 0 Å². The first-order valence-electron chi connectivity index (χ1n) is 6.72. The third-order valence-electron chi connectivity index (χ3n) is 2.87. The van der Waals surface area contributed by atoms with Crippen molar-refractivity contribution in [2.45, 2.75) is 40.3 Å². The fraction of sp³-hybridized carbons (Fsp3) is 0.500. The van der Waals surface area contributed by atoms with Crippen molar-refractivity contribution >= 4 is 0 Å². The summed E-state index contributed by atoms with van der Waals surface area (Å²) in [4.78, 5) is 8.94. The van der Waals surface area contributed by atoms with Gasteiger partial charge in [-0.2, -0.15) is 5.10 Å². The zero-order valence-corrected chi connectivity index (χ0v) is 11.8. The molecule has 2 aromatic heterocycles. The molecule has 0 unspecified atom stereocenters. The molecule has 5 heteroatoms. The predicted octanol–water partition coefficient (Wildman–Crippen LogP) is 1.84. The molecule has 19 heavy (non-hydrogen) atoms. The fourth-order valence-electron chi connectivity index (χ4n) is 1.97. The zero-order chi connectivity index (χ0) is 13.7. The maximum Gasteiger partial charge on any atom is 0.147 e. The number of nitrogens with one attached hydrogen (secondary N) is 1. The molecule has 0 aliphatic carbocycles. The molecule has 102 valence electrons. The number of hydrogen-bond donors (Lipinski definition) is 1. The molecule has 2 aromatic rings.